The maximum atomic E-state index is 13.3. The van der Waals surface area contributed by atoms with Crippen molar-refractivity contribution in [3.8, 4) is 10.4 Å². The molecule has 2 aliphatic heterocycles. The van der Waals surface area contributed by atoms with Crippen molar-refractivity contribution in [3.63, 3.8) is 0 Å². The van der Waals surface area contributed by atoms with Gasteiger partial charge in [-0.15, -0.1) is 11.3 Å². The van der Waals surface area contributed by atoms with Gasteiger partial charge >= 0.3 is 0 Å². The number of piperidine rings is 2. The number of aromatic nitrogens is 1. The van der Waals surface area contributed by atoms with Gasteiger partial charge in [0.2, 0.25) is 0 Å². The van der Waals surface area contributed by atoms with Gasteiger partial charge in [-0.25, -0.2) is 8.42 Å². The van der Waals surface area contributed by atoms with Crippen LogP contribution in [-0.2, 0) is 16.4 Å². The molecule has 2 aliphatic rings. The van der Waals surface area contributed by atoms with Gasteiger partial charge in [-0.05, 0) is 89.2 Å². The first-order chi connectivity index (χ1) is 15.4. The molecule has 8 heteroatoms. The summed E-state index contributed by atoms with van der Waals surface area (Å²) < 4.78 is 28.6. The second kappa shape index (κ2) is 10.2. The van der Waals surface area contributed by atoms with Crippen molar-refractivity contribution in [1.29, 1.82) is 0 Å². The van der Waals surface area contributed by atoms with Crippen LogP contribution in [0.15, 0.2) is 27.2 Å². The third-order valence-electron chi connectivity index (χ3n) is 7.01. The lowest BCUT2D eigenvalue weighted by Crippen LogP contribution is -2.39. The summed E-state index contributed by atoms with van der Waals surface area (Å²) in [5.74, 6) is 0.624. The van der Waals surface area contributed by atoms with Crippen molar-refractivity contribution in [2.45, 2.75) is 63.0 Å². The van der Waals surface area contributed by atoms with Crippen molar-refractivity contribution < 1.29 is 8.42 Å². The Morgan fingerprint density at radius 1 is 1.09 bits per heavy atom. The lowest BCUT2D eigenvalue weighted by molar-refractivity contribution is 0.190. The number of pyridine rings is 1. The summed E-state index contributed by atoms with van der Waals surface area (Å²) in [7, 11) is -3.48. The maximum Gasteiger partial charge on any atom is 0.252 e. The van der Waals surface area contributed by atoms with Crippen LogP contribution in [0.4, 0.5) is 0 Å². The molecular weight excluding hydrogens is 442 g/mol. The first-order valence-corrected chi connectivity index (χ1v) is 14.2. The van der Waals surface area contributed by atoms with E-state index < -0.39 is 10.0 Å². The van der Waals surface area contributed by atoms with Gasteiger partial charge in [0.1, 0.15) is 4.21 Å². The quantitative estimate of drug-likeness (QED) is 0.647. The highest BCUT2D eigenvalue weighted by molar-refractivity contribution is 7.91. The van der Waals surface area contributed by atoms with Gasteiger partial charge in [0.15, 0.2) is 0 Å². The highest BCUT2D eigenvalue weighted by atomic mass is 32.2. The number of rotatable bonds is 7. The molecule has 2 aromatic rings. The molecule has 0 unspecified atom stereocenters. The highest BCUT2D eigenvalue weighted by Gasteiger charge is 2.31. The Bertz CT molecular complexity index is 1080. The van der Waals surface area contributed by atoms with Gasteiger partial charge in [-0.3, -0.25) is 4.79 Å². The Hall–Kier alpha value is -1.48. The molecule has 0 aliphatic carbocycles. The molecule has 0 spiro atoms. The molecule has 4 rings (SSSR count). The molecule has 0 aromatic carbocycles. The first-order valence-electron chi connectivity index (χ1n) is 11.9. The standard InChI is InChI=1S/C24H35N3O3S2/c1-3-20-17-21(18(2)25-24(20)28)22-7-8-23(31-22)32(29,30)27-15-10-19(11-16-27)9-14-26-12-5-4-6-13-26/h7-8,17,19H,3-6,9-16H2,1-2H3,(H,25,28). The first kappa shape index (κ1) is 23.7. The van der Waals surface area contributed by atoms with E-state index in [1.54, 1.807) is 10.4 Å². The second-order valence-corrected chi connectivity index (χ2v) is 12.4. The molecule has 2 fully saturated rings. The molecule has 2 aromatic heterocycles. The van der Waals surface area contributed by atoms with Crippen LogP contribution in [0.25, 0.3) is 10.4 Å². The predicted octanol–water partition coefficient (Wildman–Crippen LogP) is 4.25. The van der Waals surface area contributed by atoms with Crippen molar-refractivity contribution in [1.82, 2.24) is 14.2 Å². The van der Waals surface area contributed by atoms with Crippen LogP contribution in [0.3, 0.4) is 0 Å². The lowest BCUT2D eigenvalue weighted by Gasteiger charge is -2.33. The van der Waals surface area contributed by atoms with Gasteiger partial charge in [0.05, 0.1) is 0 Å². The summed E-state index contributed by atoms with van der Waals surface area (Å²) in [4.78, 5) is 18.4. The maximum absolute atomic E-state index is 13.3. The van der Waals surface area contributed by atoms with E-state index >= 15 is 0 Å². The van der Waals surface area contributed by atoms with E-state index in [0.717, 1.165) is 41.1 Å². The molecule has 2 saturated heterocycles. The molecule has 6 nitrogen and oxygen atoms in total. The highest BCUT2D eigenvalue weighted by Crippen LogP contribution is 2.35. The summed E-state index contributed by atoms with van der Waals surface area (Å²) in [5.41, 5.74) is 2.33. The normalized spacial score (nSPS) is 19.4. The molecular formula is C24H35N3O3S2. The van der Waals surface area contributed by atoms with Crippen molar-refractivity contribution >= 4 is 21.4 Å². The van der Waals surface area contributed by atoms with Gasteiger partial charge in [0, 0.05) is 34.8 Å². The number of sulfonamides is 1. The second-order valence-electron chi connectivity index (χ2n) is 9.17. The molecule has 0 radical (unpaired) electrons. The number of hydrogen-bond acceptors (Lipinski definition) is 5. The van der Waals surface area contributed by atoms with Gasteiger partial charge in [0.25, 0.3) is 15.6 Å². The molecule has 4 heterocycles. The van der Waals surface area contributed by atoms with Crippen LogP contribution in [0.5, 0.6) is 0 Å². The molecule has 176 valence electrons. The third kappa shape index (κ3) is 5.19. The fourth-order valence-electron chi connectivity index (χ4n) is 4.90. The largest absolute Gasteiger partial charge is 0.326 e. The smallest absolute Gasteiger partial charge is 0.252 e. The van der Waals surface area contributed by atoms with Gasteiger partial charge < -0.3 is 9.88 Å². The summed E-state index contributed by atoms with van der Waals surface area (Å²) in [6.45, 7) is 8.63. The van der Waals surface area contributed by atoms with E-state index in [4.69, 9.17) is 0 Å². The number of nitrogens with zero attached hydrogens (tertiary/aromatic N) is 2. The minimum Gasteiger partial charge on any atom is -0.326 e. The van der Waals surface area contributed by atoms with Crippen LogP contribution >= 0.6 is 11.3 Å². The number of aryl methyl sites for hydroxylation is 2. The number of likely N-dealkylation sites (tertiary alicyclic amines) is 1. The van der Waals surface area contributed by atoms with Gasteiger partial charge in [-0.1, -0.05) is 13.3 Å². The Kier molecular flexibility index (Phi) is 7.54. The van der Waals surface area contributed by atoms with E-state index in [2.05, 4.69) is 9.88 Å². The fraction of sp³-hybridized carbons (Fsp3) is 0.625. The van der Waals surface area contributed by atoms with E-state index in [1.807, 2.05) is 26.0 Å². The number of hydrogen-bond donors (Lipinski definition) is 1. The van der Waals surface area contributed by atoms with E-state index in [1.165, 1.54) is 50.1 Å². The Morgan fingerprint density at radius 3 is 2.50 bits per heavy atom. The zero-order valence-electron chi connectivity index (χ0n) is 19.2. The Labute approximate surface area is 195 Å². The van der Waals surface area contributed by atoms with Crippen LogP contribution < -0.4 is 5.56 Å². The van der Waals surface area contributed by atoms with E-state index in [9.17, 15) is 13.2 Å². The molecule has 0 saturated carbocycles. The van der Waals surface area contributed by atoms with Crippen LogP contribution in [0.2, 0.25) is 0 Å². The fourth-order valence-corrected chi connectivity index (χ4v) is 7.91. The number of aromatic amines is 1. The van der Waals surface area contributed by atoms with Crippen molar-refractivity contribution in [2.75, 3.05) is 32.7 Å². The molecule has 1 N–H and O–H groups in total. The SMILES string of the molecule is CCc1cc(-c2ccc(S(=O)(=O)N3CCC(CCN4CCCCC4)CC3)s2)c(C)[nH]c1=O. The van der Waals surface area contributed by atoms with Crippen LogP contribution in [0.1, 0.15) is 56.7 Å². The Morgan fingerprint density at radius 2 is 1.81 bits per heavy atom. The predicted molar refractivity (Wildman–Crippen MR) is 131 cm³/mol. The minimum atomic E-state index is -3.48. The average Bonchev–Trinajstić information content (AvgIpc) is 3.30. The summed E-state index contributed by atoms with van der Waals surface area (Å²) >= 11 is 1.30. The summed E-state index contributed by atoms with van der Waals surface area (Å²) in [6, 6.07) is 5.47. The minimum absolute atomic E-state index is 0.0682. The Balaban J connectivity index is 1.40. The number of nitrogens with one attached hydrogen (secondary N) is 1. The number of thiophene rings is 1. The van der Waals surface area contributed by atoms with Gasteiger partial charge in [-0.2, -0.15) is 4.31 Å². The summed E-state index contributed by atoms with van der Waals surface area (Å²) in [6.07, 6.45) is 7.72. The lowest BCUT2D eigenvalue weighted by atomic mass is 9.94. The zero-order chi connectivity index (χ0) is 22.7. The van der Waals surface area contributed by atoms with Crippen LogP contribution in [-0.4, -0.2) is 55.3 Å². The molecule has 0 bridgehead atoms. The zero-order valence-corrected chi connectivity index (χ0v) is 20.9. The third-order valence-corrected chi connectivity index (χ3v) is 10.5. The topological polar surface area (TPSA) is 73.5 Å². The van der Waals surface area contributed by atoms with E-state index in [0.29, 0.717) is 29.6 Å². The van der Waals surface area contributed by atoms with Crippen LogP contribution in [0, 0.1) is 12.8 Å². The summed E-state index contributed by atoms with van der Waals surface area (Å²) in [5, 5.41) is 0. The molecule has 0 atom stereocenters. The van der Waals surface area contributed by atoms with E-state index in [-0.39, 0.29) is 5.56 Å². The average molecular weight is 478 g/mol. The number of H-pyrrole nitrogens is 1. The molecule has 0 amide bonds. The molecule has 32 heavy (non-hydrogen) atoms. The van der Waals surface area contributed by atoms with Crippen molar-refractivity contribution in [3.05, 3.63) is 39.8 Å². The van der Waals surface area contributed by atoms with Crippen molar-refractivity contribution in [2.24, 2.45) is 5.92 Å². The monoisotopic (exact) mass is 477 g/mol.